The molecular formula is C46H78N4O4. The zero-order chi connectivity index (χ0) is 40.3. The Morgan fingerprint density at radius 2 is 0.815 bits per heavy atom. The molecule has 0 radical (unpaired) electrons. The fourth-order valence-electron chi connectivity index (χ4n) is 7.11. The molecular weight excluding hydrogens is 673 g/mol. The highest BCUT2D eigenvalue weighted by atomic mass is 16.6. The predicted molar refractivity (Wildman–Crippen MR) is 229 cm³/mol. The van der Waals surface area contributed by atoms with Crippen molar-refractivity contribution in [2.45, 2.75) is 158 Å². The molecule has 8 nitrogen and oxygen atoms in total. The molecule has 0 aliphatic carbocycles. The minimum atomic E-state index is -0.429. The number of nitrogen functional groups attached to an aromatic ring is 1. The highest BCUT2D eigenvalue weighted by Gasteiger charge is 2.24. The van der Waals surface area contributed by atoms with E-state index in [9.17, 15) is 19.7 Å². The molecule has 0 aromatic heterocycles. The van der Waals surface area contributed by atoms with Crippen molar-refractivity contribution in [3.8, 4) is 0 Å². The van der Waals surface area contributed by atoms with Crippen molar-refractivity contribution < 1.29 is 14.5 Å². The van der Waals surface area contributed by atoms with Gasteiger partial charge in [0, 0.05) is 55.1 Å². The van der Waals surface area contributed by atoms with Gasteiger partial charge >= 0.3 is 0 Å². The highest BCUT2D eigenvalue weighted by molar-refractivity contribution is 5.95. The van der Waals surface area contributed by atoms with Gasteiger partial charge < -0.3 is 15.5 Å². The summed E-state index contributed by atoms with van der Waals surface area (Å²) in [5.74, 6) is 2.36. The molecule has 4 unspecified atom stereocenters. The van der Waals surface area contributed by atoms with E-state index in [0.29, 0.717) is 34.9 Å². The van der Waals surface area contributed by atoms with Crippen LogP contribution in [0.3, 0.4) is 0 Å². The number of carbonyl (C=O) groups excluding carboxylic acids is 2. The van der Waals surface area contributed by atoms with Gasteiger partial charge in [-0.1, -0.05) is 132 Å². The van der Waals surface area contributed by atoms with Crippen LogP contribution >= 0.6 is 0 Å². The van der Waals surface area contributed by atoms with E-state index in [2.05, 4.69) is 60.3 Å². The lowest BCUT2D eigenvalue weighted by molar-refractivity contribution is -0.384. The molecule has 0 aliphatic heterocycles. The van der Waals surface area contributed by atoms with Crippen molar-refractivity contribution in [3.63, 3.8) is 0 Å². The predicted octanol–water partition coefficient (Wildman–Crippen LogP) is 12.6. The Bertz CT molecular complexity index is 1250. The number of carbonyl (C=O) groups is 2. The fourth-order valence-corrected chi connectivity index (χ4v) is 7.11. The van der Waals surface area contributed by atoms with Crippen LogP contribution in [0.5, 0.6) is 0 Å². The van der Waals surface area contributed by atoms with Crippen molar-refractivity contribution in [1.29, 1.82) is 0 Å². The highest BCUT2D eigenvalue weighted by Crippen LogP contribution is 2.23. The van der Waals surface area contributed by atoms with Crippen LogP contribution in [-0.4, -0.2) is 52.7 Å². The summed E-state index contributed by atoms with van der Waals surface area (Å²) < 4.78 is 0. The molecule has 0 saturated heterocycles. The van der Waals surface area contributed by atoms with Gasteiger partial charge in [0.25, 0.3) is 17.5 Å². The van der Waals surface area contributed by atoms with E-state index in [1.165, 1.54) is 76.3 Å². The number of rotatable bonds is 27. The third-order valence-electron chi connectivity index (χ3n) is 11.1. The molecule has 0 fully saturated rings. The first-order valence-electron chi connectivity index (χ1n) is 21.7. The van der Waals surface area contributed by atoms with Crippen LogP contribution in [0, 0.1) is 33.8 Å². The molecule has 0 bridgehead atoms. The Morgan fingerprint density at radius 3 is 1.06 bits per heavy atom. The third kappa shape index (κ3) is 18.8. The van der Waals surface area contributed by atoms with Gasteiger partial charge in [-0.15, -0.1) is 0 Å². The zero-order valence-corrected chi connectivity index (χ0v) is 35.6. The summed E-state index contributed by atoms with van der Waals surface area (Å²) in [4.78, 5) is 41.0. The first-order chi connectivity index (χ1) is 26.0. The maximum Gasteiger partial charge on any atom is 0.269 e. The molecule has 2 aromatic rings. The fraction of sp³-hybridized carbons (Fsp3) is 0.696. The number of hydrogen-bond acceptors (Lipinski definition) is 5. The molecule has 54 heavy (non-hydrogen) atoms. The average Bonchev–Trinajstić information content (AvgIpc) is 3.19. The molecule has 4 atom stereocenters. The number of unbranched alkanes of at least 4 members (excludes halogenated alkanes) is 4. The topological polar surface area (TPSA) is 110 Å². The number of non-ortho nitro benzene ring substituents is 1. The summed E-state index contributed by atoms with van der Waals surface area (Å²) in [6.07, 6.45) is 18.7. The van der Waals surface area contributed by atoms with E-state index < -0.39 is 4.92 Å². The SMILES string of the molecule is CCCCC(CC)CN(CC(CC)CCCC)C(=O)c1ccc(N)cc1.CCCCC(CC)CN(CC(CC)CCCC)C(=O)c1ccc([N+](=O)[O-])cc1. The van der Waals surface area contributed by atoms with Crippen LogP contribution < -0.4 is 5.73 Å². The van der Waals surface area contributed by atoms with Crippen LogP contribution in [-0.2, 0) is 0 Å². The monoisotopic (exact) mass is 751 g/mol. The molecule has 306 valence electrons. The van der Waals surface area contributed by atoms with Gasteiger partial charge in [0.1, 0.15) is 0 Å². The second-order valence-corrected chi connectivity index (χ2v) is 15.5. The van der Waals surface area contributed by atoms with E-state index in [4.69, 9.17) is 5.73 Å². The molecule has 0 spiro atoms. The van der Waals surface area contributed by atoms with Crippen molar-refractivity contribution in [3.05, 3.63) is 69.8 Å². The summed E-state index contributed by atoms with van der Waals surface area (Å²) in [5, 5.41) is 10.9. The van der Waals surface area contributed by atoms with Gasteiger partial charge in [-0.25, -0.2) is 0 Å². The first kappa shape index (κ1) is 48.6. The standard InChI is InChI=1S/C23H38N2O3.C23H40N2O/c1-5-9-11-19(7-3)17-24(18-20(8-4)12-10-6-2)23(26)21-13-15-22(16-14-21)25(27)28;1-5-9-11-19(7-3)17-25(18-20(8-4)12-10-6-2)23(26)21-13-15-22(24)16-14-21/h13-16,19-20H,5-12,17-18H2,1-4H3;13-16,19-20H,5-12,17-18,24H2,1-4H3. The van der Waals surface area contributed by atoms with Crippen LogP contribution in [0.25, 0.3) is 0 Å². The van der Waals surface area contributed by atoms with Crippen LogP contribution in [0.15, 0.2) is 48.5 Å². The van der Waals surface area contributed by atoms with Crippen LogP contribution in [0.2, 0.25) is 0 Å². The molecule has 0 aliphatic rings. The molecule has 8 heteroatoms. The van der Waals surface area contributed by atoms with Gasteiger partial charge in [0.15, 0.2) is 0 Å². The summed E-state index contributed by atoms with van der Waals surface area (Å²) in [7, 11) is 0. The second-order valence-electron chi connectivity index (χ2n) is 15.5. The lowest BCUT2D eigenvalue weighted by Gasteiger charge is -2.31. The number of nitro benzene ring substituents is 1. The van der Waals surface area contributed by atoms with E-state index >= 15 is 0 Å². The summed E-state index contributed by atoms with van der Waals surface area (Å²) in [5.41, 5.74) is 7.82. The number of anilines is 1. The Labute approximate surface area is 330 Å². The number of hydrogen-bond donors (Lipinski definition) is 1. The minimum absolute atomic E-state index is 0.000190. The summed E-state index contributed by atoms with van der Waals surface area (Å²) in [6.45, 7) is 21.1. The van der Waals surface area contributed by atoms with Crippen molar-refractivity contribution in [1.82, 2.24) is 9.80 Å². The van der Waals surface area contributed by atoms with Gasteiger partial charge in [-0.05, 0) is 85.8 Å². The van der Waals surface area contributed by atoms with E-state index in [1.54, 1.807) is 12.1 Å². The molecule has 2 aromatic carbocycles. The number of nitrogens with zero attached hydrogens (tertiary/aromatic N) is 3. The molecule has 2 N–H and O–H groups in total. The van der Waals surface area contributed by atoms with Gasteiger partial charge in [0.05, 0.1) is 4.92 Å². The average molecular weight is 751 g/mol. The zero-order valence-electron chi connectivity index (χ0n) is 35.6. The number of benzene rings is 2. The van der Waals surface area contributed by atoms with Crippen molar-refractivity contribution in [2.24, 2.45) is 23.7 Å². The van der Waals surface area contributed by atoms with E-state index in [-0.39, 0.29) is 17.5 Å². The number of nitrogens with two attached hydrogens (primary N) is 1. The smallest absolute Gasteiger partial charge is 0.269 e. The molecule has 0 saturated carbocycles. The Kier molecular flexibility index (Phi) is 26.1. The maximum absolute atomic E-state index is 13.2. The first-order valence-corrected chi connectivity index (χ1v) is 21.7. The third-order valence-corrected chi connectivity index (χ3v) is 11.1. The van der Waals surface area contributed by atoms with Crippen molar-refractivity contribution in [2.75, 3.05) is 31.9 Å². The Morgan fingerprint density at radius 1 is 0.537 bits per heavy atom. The van der Waals surface area contributed by atoms with Crippen LogP contribution in [0.4, 0.5) is 11.4 Å². The lowest BCUT2D eigenvalue weighted by Crippen LogP contribution is -2.39. The minimum Gasteiger partial charge on any atom is -0.399 e. The van der Waals surface area contributed by atoms with Gasteiger partial charge in [-0.2, -0.15) is 0 Å². The lowest BCUT2D eigenvalue weighted by atomic mass is 9.95. The Hall–Kier alpha value is -3.42. The number of nitro groups is 1. The quantitative estimate of drug-likeness (QED) is 0.0555. The van der Waals surface area contributed by atoms with Crippen molar-refractivity contribution >= 4 is 23.2 Å². The van der Waals surface area contributed by atoms with E-state index in [1.807, 2.05) is 29.2 Å². The normalized spacial score (nSPS) is 13.3. The van der Waals surface area contributed by atoms with E-state index in [0.717, 1.165) is 70.3 Å². The summed E-state index contributed by atoms with van der Waals surface area (Å²) in [6, 6.07) is 13.4. The number of amides is 2. The summed E-state index contributed by atoms with van der Waals surface area (Å²) >= 11 is 0. The second kappa shape index (κ2) is 28.9. The molecule has 2 rings (SSSR count). The Balaban J connectivity index is 0.000000541. The van der Waals surface area contributed by atoms with Gasteiger partial charge in [0.2, 0.25) is 0 Å². The largest absolute Gasteiger partial charge is 0.399 e. The molecule has 2 amide bonds. The van der Waals surface area contributed by atoms with Crippen LogP contribution in [0.1, 0.15) is 179 Å². The molecule has 0 heterocycles. The van der Waals surface area contributed by atoms with Gasteiger partial charge in [-0.3, -0.25) is 19.7 Å². The maximum atomic E-state index is 13.2.